The van der Waals surface area contributed by atoms with Crippen LogP contribution >= 0.6 is 0 Å². The Morgan fingerprint density at radius 3 is 2.05 bits per heavy atom. The number of aryl methyl sites for hydroxylation is 2. The number of nitrogens with zero attached hydrogens (tertiary/aromatic N) is 3. The number of halogens is 2. The minimum atomic E-state index is -0.623. The smallest absolute Gasteiger partial charge is 0.228 e. The molecule has 2 rings (SSSR count). The van der Waals surface area contributed by atoms with Crippen molar-refractivity contribution in [2.45, 2.75) is 13.8 Å². The van der Waals surface area contributed by atoms with Crippen LogP contribution in [0.2, 0.25) is 0 Å². The molecule has 0 amide bonds. The van der Waals surface area contributed by atoms with Gasteiger partial charge in [0.15, 0.2) is 5.82 Å². The van der Waals surface area contributed by atoms with E-state index in [-0.39, 0.29) is 16.0 Å². The molecule has 0 radical (unpaired) electrons. The number of hydrogen-bond donors (Lipinski definition) is 0. The van der Waals surface area contributed by atoms with Gasteiger partial charge in [0.05, 0.1) is 0 Å². The maximum Gasteiger partial charge on any atom is 0.228 e. The van der Waals surface area contributed by atoms with Crippen LogP contribution in [0.4, 0.5) is 8.78 Å². The maximum atomic E-state index is 14.3. The fraction of sp³-hybridized carbons (Fsp3) is 0.333. The molecule has 4 nitrogen and oxygen atoms in total. The summed E-state index contributed by atoms with van der Waals surface area (Å²) in [7, 11) is 5.14. The maximum absolute atomic E-state index is 14.3. The lowest BCUT2D eigenvalue weighted by Gasteiger charge is -2.22. The summed E-state index contributed by atoms with van der Waals surface area (Å²) in [6.45, 7) is 3.47. The van der Waals surface area contributed by atoms with Gasteiger partial charge in [0.1, 0.15) is 33.3 Å². The van der Waals surface area contributed by atoms with Gasteiger partial charge in [-0.2, -0.15) is 0 Å². The van der Waals surface area contributed by atoms with Crippen LogP contribution in [0.1, 0.15) is 11.4 Å². The van der Waals surface area contributed by atoms with E-state index < -0.39 is 11.6 Å². The first kappa shape index (κ1) is 15.3. The molecule has 0 aliphatic rings. The summed E-state index contributed by atoms with van der Waals surface area (Å²) >= 11 is 0. The fourth-order valence-corrected chi connectivity index (χ4v) is 2.07. The van der Waals surface area contributed by atoms with Crippen molar-refractivity contribution in [3.8, 4) is 16.9 Å². The molecule has 0 atom stereocenters. The van der Waals surface area contributed by atoms with Crippen LogP contribution in [0.5, 0.6) is 5.75 Å². The van der Waals surface area contributed by atoms with E-state index >= 15 is 0 Å². The van der Waals surface area contributed by atoms with Gasteiger partial charge in [0.25, 0.3) is 0 Å². The molecule has 0 saturated heterocycles. The van der Waals surface area contributed by atoms with Crippen LogP contribution in [0.15, 0.2) is 18.5 Å². The minimum Gasteiger partial charge on any atom is -0.313 e. The highest BCUT2D eigenvalue weighted by molar-refractivity contribution is 5.69. The van der Waals surface area contributed by atoms with E-state index in [0.717, 1.165) is 12.1 Å². The van der Waals surface area contributed by atoms with Gasteiger partial charge in [-0.1, -0.05) is 0 Å². The van der Waals surface area contributed by atoms with Crippen LogP contribution in [0, 0.1) is 25.5 Å². The Morgan fingerprint density at radius 2 is 1.52 bits per heavy atom. The second-order valence-corrected chi connectivity index (χ2v) is 5.66. The summed E-state index contributed by atoms with van der Waals surface area (Å²) < 4.78 is 28.5. The molecule has 0 aliphatic carbocycles. The molecular weight excluding hydrogens is 276 g/mol. The molecule has 112 valence electrons. The zero-order chi connectivity index (χ0) is 15.8. The first-order valence-electron chi connectivity index (χ1n) is 6.47. The Kier molecular flexibility index (Phi) is 3.91. The lowest BCUT2D eigenvalue weighted by molar-refractivity contribution is -1.03. The van der Waals surface area contributed by atoms with E-state index in [2.05, 4.69) is 9.97 Å². The molecule has 0 bridgehead atoms. The van der Waals surface area contributed by atoms with Gasteiger partial charge in [0.2, 0.25) is 5.75 Å². The number of hydrogen-bond acceptors (Lipinski definition) is 3. The van der Waals surface area contributed by atoms with Gasteiger partial charge in [-0.05, 0) is 19.9 Å². The van der Waals surface area contributed by atoms with Gasteiger partial charge in [-0.15, -0.1) is 4.65 Å². The molecular formula is C15H18F2N3O+. The number of benzene rings is 1. The predicted molar refractivity (Wildman–Crippen MR) is 75.5 cm³/mol. The molecule has 2 aromatic rings. The third-order valence-electron chi connectivity index (χ3n) is 2.89. The highest BCUT2D eigenvalue weighted by Crippen LogP contribution is 2.32. The molecule has 0 aliphatic heterocycles. The first-order chi connectivity index (χ1) is 9.69. The van der Waals surface area contributed by atoms with Crippen molar-refractivity contribution in [2.24, 2.45) is 0 Å². The first-order valence-corrected chi connectivity index (χ1v) is 6.47. The Hall–Kier alpha value is -2.08. The molecule has 0 saturated carbocycles. The number of aromatic nitrogens is 2. The Balaban J connectivity index is 2.56. The standard InChI is InChI=1S/C15H18F2N3O/c1-9-15(10(2)19-8-18-9)11-6-13(17)14(7-12(11)16)21-20(3,4)5/h6-8H,1-5H3/q+1. The summed E-state index contributed by atoms with van der Waals surface area (Å²) in [4.78, 5) is 13.4. The SMILES string of the molecule is Cc1ncnc(C)c1-c1cc(F)c(O[N+](C)(C)C)cc1F. The van der Waals surface area contributed by atoms with E-state index in [1.165, 1.54) is 6.33 Å². The molecule has 6 heteroatoms. The molecule has 0 fully saturated rings. The fourth-order valence-electron chi connectivity index (χ4n) is 2.07. The lowest BCUT2D eigenvalue weighted by atomic mass is 10.0. The Bertz CT molecular complexity index is 661. The highest BCUT2D eigenvalue weighted by Gasteiger charge is 2.20. The highest BCUT2D eigenvalue weighted by atomic mass is 19.1. The van der Waals surface area contributed by atoms with Crippen LogP contribution in [-0.2, 0) is 0 Å². The van der Waals surface area contributed by atoms with E-state index in [4.69, 9.17) is 4.84 Å². The summed E-state index contributed by atoms with van der Waals surface area (Å²) in [5, 5.41) is 0. The van der Waals surface area contributed by atoms with E-state index in [1.54, 1.807) is 35.0 Å². The topological polar surface area (TPSA) is 35.0 Å². The Morgan fingerprint density at radius 1 is 0.952 bits per heavy atom. The van der Waals surface area contributed by atoms with E-state index in [9.17, 15) is 8.78 Å². The lowest BCUT2D eigenvalue weighted by Crippen LogP contribution is -2.38. The molecule has 0 spiro atoms. The van der Waals surface area contributed by atoms with Crippen molar-refractivity contribution in [3.05, 3.63) is 41.5 Å². The van der Waals surface area contributed by atoms with Crippen LogP contribution in [0.3, 0.4) is 0 Å². The molecule has 21 heavy (non-hydrogen) atoms. The zero-order valence-electron chi connectivity index (χ0n) is 12.7. The zero-order valence-corrected chi connectivity index (χ0v) is 12.7. The van der Waals surface area contributed by atoms with Crippen molar-refractivity contribution >= 4 is 0 Å². The Labute approximate surface area is 122 Å². The van der Waals surface area contributed by atoms with Crippen LogP contribution < -0.4 is 4.84 Å². The second-order valence-electron chi connectivity index (χ2n) is 5.66. The molecule has 1 aromatic carbocycles. The molecule has 0 unspecified atom stereocenters. The molecule has 1 heterocycles. The van der Waals surface area contributed by atoms with Crippen molar-refractivity contribution in [2.75, 3.05) is 21.1 Å². The van der Waals surface area contributed by atoms with Crippen LogP contribution in [-0.4, -0.2) is 35.8 Å². The quantitative estimate of drug-likeness (QED) is 0.644. The number of quaternary nitrogens is 1. The van der Waals surface area contributed by atoms with Gasteiger partial charge in [0, 0.05) is 28.6 Å². The van der Waals surface area contributed by atoms with Crippen molar-refractivity contribution < 1.29 is 18.3 Å². The summed E-state index contributed by atoms with van der Waals surface area (Å²) in [6.07, 6.45) is 1.40. The summed E-state index contributed by atoms with van der Waals surface area (Å²) in [5.74, 6) is -1.32. The second kappa shape index (κ2) is 5.37. The summed E-state index contributed by atoms with van der Waals surface area (Å²) in [5.41, 5.74) is 1.84. The third-order valence-corrected chi connectivity index (χ3v) is 2.89. The molecule has 1 aromatic heterocycles. The summed E-state index contributed by atoms with van der Waals surface area (Å²) in [6, 6.07) is 2.18. The third kappa shape index (κ3) is 3.33. The van der Waals surface area contributed by atoms with E-state index in [0.29, 0.717) is 17.0 Å². The van der Waals surface area contributed by atoms with Gasteiger partial charge in [-0.25, -0.2) is 18.7 Å². The normalized spacial score (nSPS) is 11.6. The van der Waals surface area contributed by atoms with Crippen molar-refractivity contribution in [3.63, 3.8) is 0 Å². The average Bonchev–Trinajstić information content (AvgIpc) is 2.33. The van der Waals surface area contributed by atoms with Crippen molar-refractivity contribution in [1.82, 2.24) is 9.97 Å². The van der Waals surface area contributed by atoms with Crippen molar-refractivity contribution in [1.29, 1.82) is 0 Å². The average molecular weight is 294 g/mol. The largest absolute Gasteiger partial charge is 0.313 e. The predicted octanol–water partition coefficient (Wildman–Crippen LogP) is 3.04. The van der Waals surface area contributed by atoms with Gasteiger partial charge < -0.3 is 4.84 Å². The number of rotatable bonds is 3. The van der Waals surface area contributed by atoms with Gasteiger partial charge in [-0.3, -0.25) is 0 Å². The van der Waals surface area contributed by atoms with Crippen LogP contribution in [0.25, 0.3) is 11.1 Å². The number of hydroxylamine groups is 3. The monoisotopic (exact) mass is 294 g/mol. The van der Waals surface area contributed by atoms with Gasteiger partial charge >= 0.3 is 0 Å². The molecule has 0 N–H and O–H groups in total. The minimum absolute atomic E-state index is 0.0300. The van der Waals surface area contributed by atoms with E-state index in [1.807, 2.05) is 0 Å².